The van der Waals surface area contributed by atoms with Crippen molar-refractivity contribution in [2.75, 3.05) is 6.61 Å². The van der Waals surface area contributed by atoms with Crippen molar-refractivity contribution in [3.8, 4) is 0 Å². The van der Waals surface area contributed by atoms with E-state index in [2.05, 4.69) is 14.8 Å². The normalized spacial score (nSPS) is 11.6. The van der Waals surface area contributed by atoms with Gasteiger partial charge in [0.25, 0.3) is 0 Å². The highest BCUT2D eigenvalue weighted by Crippen LogP contribution is 2.30. The summed E-state index contributed by atoms with van der Waals surface area (Å²) in [5, 5.41) is 12.3. The van der Waals surface area contributed by atoms with E-state index in [1.54, 1.807) is 0 Å². The van der Waals surface area contributed by atoms with Crippen molar-refractivity contribution in [3.63, 3.8) is 0 Å². The van der Waals surface area contributed by atoms with Crippen molar-refractivity contribution in [3.05, 3.63) is 29.2 Å². The molecule has 21 heavy (non-hydrogen) atoms. The van der Waals surface area contributed by atoms with Gasteiger partial charge in [-0.15, -0.1) is 0 Å². The van der Waals surface area contributed by atoms with E-state index in [0.717, 1.165) is 6.20 Å². The molecule has 0 fully saturated rings. The molecule has 2 aromatic rings. The molecule has 112 valence electrons. The summed E-state index contributed by atoms with van der Waals surface area (Å²) in [6.45, 7) is 1.52. The zero-order valence-electron chi connectivity index (χ0n) is 10.5. The van der Waals surface area contributed by atoms with Crippen LogP contribution in [0.15, 0.2) is 12.3 Å². The topological polar surface area (TPSA) is 93.8 Å². The molecule has 0 atom stereocenters. The molecule has 2 heterocycles. The van der Waals surface area contributed by atoms with Gasteiger partial charge in [0.2, 0.25) is 0 Å². The molecule has 0 unspecified atom stereocenters. The second kappa shape index (κ2) is 5.04. The predicted molar refractivity (Wildman–Crippen MR) is 60.9 cm³/mol. The lowest BCUT2D eigenvalue weighted by molar-refractivity contribution is -0.142. The molecule has 0 saturated heterocycles. The van der Waals surface area contributed by atoms with Gasteiger partial charge in [-0.3, -0.25) is 0 Å². The Balaban J connectivity index is 2.75. The van der Waals surface area contributed by atoms with Gasteiger partial charge in [0.05, 0.1) is 12.8 Å². The number of alkyl halides is 3. The molecule has 10 heteroatoms. The molecule has 0 aliphatic rings. The number of aromatic carboxylic acids is 1. The molecule has 1 N–H and O–H groups in total. The van der Waals surface area contributed by atoms with Crippen LogP contribution in [0.1, 0.15) is 33.5 Å². The van der Waals surface area contributed by atoms with E-state index < -0.39 is 35.1 Å². The molecule has 0 aromatic carbocycles. The standard InChI is InChI=1S/C11H8F3N3O4/c1-2-21-10(20)5-4-15-17-7(11(12,13)14)3-6(9(18)19)16-8(5)17/h3-4H,2H2,1H3,(H,18,19). The highest BCUT2D eigenvalue weighted by atomic mass is 19.4. The number of halogens is 3. The number of esters is 1. The number of fused-ring (bicyclic) bond motifs is 1. The number of carboxylic acid groups (broad SMARTS) is 1. The molecule has 2 aromatic heterocycles. The monoisotopic (exact) mass is 303 g/mol. The number of ether oxygens (including phenoxy) is 1. The van der Waals surface area contributed by atoms with Crippen molar-refractivity contribution in [1.82, 2.24) is 14.6 Å². The Morgan fingerprint density at radius 2 is 2.10 bits per heavy atom. The molecule has 2 rings (SSSR count). The smallest absolute Gasteiger partial charge is 0.433 e. The van der Waals surface area contributed by atoms with Crippen LogP contribution in [0.4, 0.5) is 13.2 Å². The summed E-state index contributed by atoms with van der Waals surface area (Å²) in [7, 11) is 0. The molecule has 0 spiro atoms. The van der Waals surface area contributed by atoms with Crippen LogP contribution in [-0.2, 0) is 10.9 Å². The van der Waals surface area contributed by atoms with Gasteiger partial charge in [0.1, 0.15) is 5.56 Å². The van der Waals surface area contributed by atoms with Gasteiger partial charge in [-0.25, -0.2) is 19.1 Å². The number of carbonyl (C=O) groups is 2. The zero-order chi connectivity index (χ0) is 15.8. The molecule has 0 saturated carbocycles. The average molecular weight is 303 g/mol. The molecule has 0 aliphatic heterocycles. The summed E-state index contributed by atoms with van der Waals surface area (Å²) in [5.74, 6) is -2.59. The number of nitrogens with zero attached hydrogens (tertiary/aromatic N) is 3. The van der Waals surface area contributed by atoms with Crippen LogP contribution in [0, 0.1) is 0 Å². The summed E-state index contributed by atoms with van der Waals surface area (Å²) in [6, 6.07) is 0.345. The van der Waals surface area contributed by atoms with Crippen LogP contribution in [0.25, 0.3) is 5.65 Å². The molecule has 0 aliphatic carbocycles. The minimum absolute atomic E-state index is 0.000915. The Morgan fingerprint density at radius 1 is 1.43 bits per heavy atom. The first kappa shape index (κ1) is 14.8. The van der Waals surface area contributed by atoms with Crippen LogP contribution in [0.2, 0.25) is 0 Å². The van der Waals surface area contributed by atoms with Gasteiger partial charge >= 0.3 is 18.1 Å². The number of rotatable bonds is 3. The van der Waals surface area contributed by atoms with Crippen molar-refractivity contribution in [2.45, 2.75) is 13.1 Å². The highest BCUT2D eigenvalue weighted by molar-refractivity contribution is 5.96. The molecule has 7 nitrogen and oxygen atoms in total. The first-order valence-electron chi connectivity index (χ1n) is 5.62. The van der Waals surface area contributed by atoms with Crippen LogP contribution in [0.5, 0.6) is 0 Å². The van der Waals surface area contributed by atoms with Crippen molar-refractivity contribution in [1.29, 1.82) is 0 Å². The number of carboxylic acids is 1. The largest absolute Gasteiger partial charge is 0.477 e. The van der Waals surface area contributed by atoms with Crippen LogP contribution >= 0.6 is 0 Å². The molecular formula is C11H8F3N3O4. The minimum Gasteiger partial charge on any atom is -0.477 e. The second-order valence-electron chi connectivity index (χ2n) is 3.84. The Morgan fingerprint density at radius 3 is 2.62 bits per heavy atom. The molecule has 0 bridgehead atoms. The Bertz CT molecular complexity index is 723. The highest BCUT2D eigenvalue weighted by Gasteiger charge is 2.36. The molecule has 0 radical (unpaired) electrons. The Hall–Kier alpha value is -2.65. The van der Waals surface area contributed by atoms with E-state index in [4.69, 9.17) is 5.11 Å². The quantitative estimate of drug-likeness (QED) is 0.866. The maximum atomic E-state index is 12.9. The minimum atomic E-state index is -4.86. The van der Waals surface area contributed by atoms with Crippen LogP contribution in [0.3, 0.4) is 0 Å². The first-order valence-corrected chi connectivity index (χ1v) is 5.62. The van der Waals surface area contributed by atoms with E-state index in [1.807, 2.05) is 0 Å². The lowest BCUT2D eigenvalue weighted by Gasteiger charge is -2.09. The van der Waals surface area contributed by atoms with Crippen molar-refractivity contribution in [2.24, 2.45) is 0 Å². The third kappa shape index (κ3) is 2.64. The summed E-state index contributed by atoms with van der Waals surface area (Å²) >= 11 is 0. The maximum Gasteiger partial charge on any atom is 0.433 e. The average Bonchev–Trinajstić information content (AvgIpc) is 2.80. The summed E-state index contributed by atoms with van der Waals surface area (Å²) in [5.41, 5.74) is -3.06. The predicted octanol–water partition coefficient (Wildman–Crippen LogP) is 1.62. The first-order chi connectivity index (χ1) is 9.75. The van der Waals surface area contributed by atoms with E-state index in [1.165, 1.54) is 6.92 Å². The van der Waals surface area contributed by atoms with Gasteiger partial charge in [0.15, 0.2) is 17.0 Å². The Labute approximate surface area is 115 Å². The third-order valence-electron chi connectivity index (χ3n) is 2.48. The number of hydrogen-bond acceptors (Lipinski definition) is 5. The van der Waals surface area contributed by atoms with Crippen molar-refractivity contribution >= 4 is 17.6 Å². The maximum absolute atomic E-state index is 12.9. The van der Waals surface area contributed by atoms with E-state index in [-0.39, 0.29) is 12.2 Å². The Kier molecular flexibility index (Phi) is 3.54. The van der Waals surface area contributed by atoms with E-state index in [0.29, 0.717) is 10.6 Å². The number of carbonyl (C=O) groups excluding carboxylic acids is 1. The second-order valence-corrected chi connectivity index (χ2v) is 3.84. The number of aromatic nitrogens is 3. The van der Waals surface area contributed by atoms with E-state index in [9.17, 15) is 22.8 Å². The summed E-state index contributed by atoms with van der Waals surface area (Å²) in [6.07, 6.45) is -4.01. The molecular weight excluding hydrogens is 295 g/mol. The fraction of sp³-hybridized carbons (Fsp3) is 0.273. The van der Waals surface area contributed by atoms with Gasteiger partial charge in [-0.2, -0.15) is 18.3 Å². The van der Waals surface area contributed by atoms with Gasteiger partial charge in [0, 0.05) is 6.07 Å². The van der Waals surface area contributed by atoms with Crippen LogP contribution < -0.4 is 0 Å². The van der Waals surface area contributed by atoms with Gasteiger partial charge in [-0.1, -0.05) is 0 Å². The fourth-order valence-electron chi connectivity index (χ4n) is 1.63. The van der Waals surface area contributed by atoms with Gasteiger partial charge in [-0.05, 0) is 6.92 Å². The summed E-state index contributed by atoms with van der Waals surface area (Å²) in [4.78, 5) is 26.0. The SMILES string of the molecule is CCOC(=O)c1cnn2c(C(F)(F)F)cc(C(=O)O)nc12. The lowest BCUT2D eigenvalue weighted by atomic mass is 10.3. The number of hydrogen-bond donors (Lipinski definition) is 1. The van der Waals surface area contributed by atoms with Gasteiger partial charge < -0.3 is 9.84 Å². The fourth-order valence-corrected chi connectivity index (χ4v) is 1.63. The summed E-state index contributed by atoms with van der Waals surface area (Å²) < 4.78 is 43.8. The lowest BCUT2D eigenvalue weighted by Crippen LogP contribution is -2.16. The zero-order valence-corrected chi connectivity index (χ0v) is 10.5. The van der Waals surface area contributed by atoms with Crippen LogP contribution in [-0.4, -0.2) is 38.3 Å². The van der Waals surface area contributed by atoms with E-state index >= 15 is 0 Å². The third-order valence-corrected chi connectivity index (χ3v) is 2.48. The molecule has 0 amide bonds. The van der Waals surface area contributed by atoms with Crippen molar-refractivity contribution < 1.29 is 32.6 Å².